The Morgan fingerprint density at radius 1 is 1.20 bits per heavy atom. The smallest absolute Gasteiger partial charge is 0.181 e. The van der Waals surface area contributed by atoms with Gasteiger partial charge in [-0.2, -0.15) is 5.10 Å². The number of rotatable bonds is 5. The molecule has 6 heteroatoms. The number of aliphatic hydroxyl groups is 1. The Morgan fingerprint density at radius 3 is 2.75 bits per heavy atom. The van der Waals surface area contributed by atoms with E-state index >= 15 is 0 Å². The van der Waals surface area contributed by atoms with Gasteiger partial charge in [-0.25, -0.2) is 4.98 Å². The highest BCUT2D eigenvalue weighted by molar-refractivity contribution is 7.13. The molecule has 2 heterocycles. The van der Waals surface area contributed by atoms with E-state index in [1.54, 1.807) is 11.3 Å². The summed E-state index contributed by atoms with van der Waals surface area (Å²) < 4.78 is 0. The Morgan fingerprint density at radius 2 is 2.05 bits per heavy atom. The summed E-state index contributed by atoms with van der Waals surface area (Å²) in [4.78, 5) is 5.57. The molecule has 1 aromatic carbocycles. The van der Waals surface area contributed by atoms with Gasteiger partial charge in [0.15, 0.2) is 11.6 Å². The molecule has 20 heavy (non-hydrogen) atoms. The lowest BCUT2D eigenvalue weighted by atomic mass is 10.2. The molecule has 0 aliphatic heterocycles. The number of aromatic amines is 1. The van der Waals surface area contributed by atoms with Gasteiger partial charge in [0, 0.05) is 17.8 Å². The van der Waals surface area contributed by atoms with Gasteiger partial charge in [0.1, 0.15) is 0 Å². The Labute approximate surface area is 120 Å². The Kier molecular flexibility index (Phi) is 3.76. The fraction of sp³-hybridized carbons (Fsp3) is 0.143. The second-order valence-corrected chi connectivity index (χ2v) is 5.16. The molecule has 0 spiro atoms. The quantitative estimate of drug-likeness (QED) is 0.674. The van der Waals surface area contributed by atoms with Crippen LogP contribution in [0.1, 0.15) is 0 Å². The fourth-order valence-corrected chi connectivity index (χ4v) is 2.52. The first-order valence-electron chi connectivity index (χ1n) is 6.28. The maximum Gasteiger partial charge on any atom is 0.181 e. The highest BCUT2D eigenvalue weighted by Gasteiger charge is 2.08. The van der Waals surface area contributed by atoms with Crippen LogP contribution >= 0.6 is 11.3 Å². The molecule has 3 aromatic rings. The first-order valence-corrected chi connectivity index (χ1v) is 7.16. The number of anilines is 1. The third kappa shape index (κ3) is 2.71. The summed E-state index contributed by atoms with van der Waals surface area (Å²) in [7, 11) is 0. The molecule has 0 aliphatic carbocycles. The van der Waals surface area contributed by atoms with E-state index in [0.717, 1.165) is 22.0 Å². The number of hydrogen-bond donors (Lipinski definition) is 3. The van der Waals surface area contributed by atoms with Crippen molar-refractivity contribution in [1.29, 1.82) is 0 Å². The van der Waals surface area contributed by atoms with Crippen LogP contribution in [0.2, 0.25) is 0 Å². The number of benzene rings is 1. The van der Waals surface area contributed by atoms with Crippen molar-refractivity contribution < 1.29 is 5.11 Å². The lowest BCUT2D eigenvalue weighted by Gasteiger charge is -2.04. The van der Waals surface area contributed by atoms with Crippen molar-refractivity contribution in [3.8, 4) is 22.1 Å². The average molecular weight is 286 g/mol. The average Bonchev–Trinajstić information content (AvgIpc) is 3.16. The number of hydrogen-bond acceptors (Lipinski definition) is 5. The minimum atomic E-state index is 0.118. The van der Waals surface area contributed by atoms with Crippen LogP contribution in [0.15, 0.2) is 41.8 Å². The lowest BCUT2D eigenvalue weighted by Crippen LogP contribution is -2.04. The van der Waals surface area contributed by atoms with Crippen LogP contribution in [-0.4, -0.2) is 33.4 Å². The number of thiophene rings is 1. The molecule has 3 N–H and O–H groups in total. The van der Waals surface area contributed by atoms with Gasteiger partial charge in [-0.05, 0) is 35.7 Å². The molecular formula is C14H14N4OS. The summed E-state index contributed by atoms with van der Waals surface area (Å²) >= 11 is 1.63. The minimum absolute atomic E-state index is 0.118. The number of aliphatic hydroxyl groups excluding tert-OH is 1. The molecular weight excluding hydrogens is 272 g/mol. The van der Waals surface area contributed by atoms with Crippen molar-refractivity contribution in [1.82, 2.24) is 15.2 Å². The van der Waals surface area contributed by atoms with Crippen LogP contribution in [0.5, 0.6) is 0 Å². The molecule has 0 atom stereocenters. The SMILES string of the molecule is OCCNc1ccc(-c2n[nH]c(-c3cccs3)n2)cc1. The van der Waals surface area contributed by atoms with E-state index in [1.165, 1.54) is 0 Å². The third-order valence-electron chi connectivity index (χ3n) is 2.82. The molecule has 5 nitrogen and oxygen atoms in total. The largest absolute Gasteiger partial charge is 0.395 e. The van der Waals surface area contributed by atoms with Gasteiger partial charge in [0.05, 0.1) is 11.5 Å². The van der Waals surface area contributed by atoms with Crippen LogP contribution in [0.3, 0.4) is 0 Å². The van der Waals surface area contributed by atoms with Crippen LogP contribution in [0, 0.1) is 0 Å². The van der Waals surface area contributed by atoms with Crippen molar-refractivity contribution in [2.45, 2.75) is 0 Å². The van der Waals surface area contributed by atoms with Gasteiger partial charge < -0.3 is 10.4 Å². The zero-order valence-corrected chi connectivity index (χ0v) is 11.5. The van der Waals surface area contributed by atoms with E-state index in [0.29, 0.717) is 12.4 Å². The molecule has 0 saturated heterocycles. The maximum absolute atomic E-state index is 8.77. The Balaban J connectivity index is 1.79. The Bertz CT molecular complexity index is 661. The van der Waals surface area contributed by atoms with Crippen molar-refractivity contribution in [2.75, 3.05) is 18.5 Å². The van der Waals surface area contributed by atoms with E-state index in [-0.39, 0.29) is 6.61 Å². The zero-order chi connectivity index (χ0) is 13.8. The molecule has 2 aromatic heterocycles. The van der Waals surface area contributed by atoms with E-state index in [2.05, 4.69) is 20.5 Å². The molecule has 0 aliphatic rings. The van der Waals surface area contributed by atoms with E-state index in [4.69, 9.17) is 5.11 Å². The number of nitrogens with zero attached hydrogens (tertiary/aromatic N) is 2. The first kappa shape index (κ1) is 12.8. The van der Waals surface area contributed by atoms with Crippen LogP contribution < -0.4 is 5.32 Å². The van der Waals surface area contributed by atoms with Crippen molar-refractivity contribution in [3.63, 3.8) is 0 Å². The van der Waals surface area contributed by atoms with Crippen molar-refractivity contribution >= 4 is 17.0 Å². The first-order chi connectivity index (χ1) is 9.86. The van der Waals surface area contributed by atoms with E-state index < -0.39 is 0 Å². The summed E-state index contributed by atoms with van der Waals surface area (Å²) in [5, 5.41) is 21.1. The summed E-state index contributed by atoms with van der Waals surface area (Å²) in [6.07, 6.45) is 0. The summed E-state index contributed by atoms with van der Waals surface area (Å²) in [5.74, 6) is 1.47. The molecule has 0 unspecified atom stereocenters. The lowest BCUT2D eigenvalue weighted by molar-refractivity contribution is 0.311. The number of nitrogens with one attached hydrogen (secondary N) is 2. The van der Waals surface area contributed by atoms with Gasteiger partial charge in [-0.3, -0.25) is 5.10 Å². The maximum atomic E-state index is 8.77. The van der Waals surface area contributed by atoms with Crippen molar-refractivity contribution in [3.05, 3.63) is 41.8 Å². The third-order valence-corrected chi connectivity index (χ3v) is 3.70. The number of H-pyrrole nitrogens is 1. The topological polar surface area (TPSA) is 73.8 Å². The number of aromatic nitrogens is 3. The predicted molar refractivity (Wildman–Crippen MR) is 80.7 cm³/mol. The molecule has 102 valence electrons. The molecule has 0 bridgehead atoms. The van der Waals surface area contributed by atoms with Crippen LogP contribution in [-0.2, 0) is 0 Å². The summed E-state index contributed by atoms with van der Waals surface area (Å²) in [6.45, 7) is 0.662. The highest BCUT2D eigenvalue weighted by Crippen LogP contribution is 2.24. The van der Waals surface area contributed by atoms with Gasteiger partial charge in [-0.1, -0.05) is 6.07 Å². The molecule has 0 fully saturated rings. The highest BCUT2D eigenvalue weighted by atomic mass is 32.1. The fourth-order valence-electron chi connectivity index (χ4n) is 1.85. The Hall–Kier alpha value is -2.18. The molecule has 0 radical (unpaired) electrons. The predicted octanol–water partition coefficient (Wildman–Crippen LogP) is 2.60. The summed E-state index contributed by atoms with van der Waals surface area (Å²) in [5.41, 5.74) is 1.93. The van der Waals surface area contributed by atoms with Crippen LogP contribution in [0.25, 0.3) is 22.1 Å². The summed E-state index contributed by atoms with van der Waals surface area (Å²) in [6, 6.07) is 11.8. The zero-order valence-electron chi connectivity index (χ0n) is 10.7. The second kappa shape index (κ2) is 5.85. The molecule has 3 rings (SSSR count). The van der Waals surface area contributed by atoms with Gasteiger partial charge in [-0.15, -0.1) is 11.3 Å². The van der Waals surface area contributed by atoms with Crippen LogP contribution in [0.4, 0.5) is 5.69 Å². The normalized spacial score (nSPS) is 10.7. The monoisotopic (exact) mass is 286 g/mol. The van der Waals surface area contributed by atoms with Crippen molar-refractivity contribution in [2.24, 2.45) is 0 Å². The second-order valence-electron chi connectivity index (χ2n) is 4.21. The molecule has 0 saturated carbocycles. The van der Waals surface area contributed by atoms with E-state index in [9.17, 15) is 0 Å². The van der Waals surface area contributed by atoms with Gasteiger partial charge in [0.25, 0.3) is 0 Å². The van der Waals surface area contributed by atoms with Gasteiger partial charge in [0.2, 0.25) is 0 Å². The standard InChI is InChI=1S/C14H14N4OS/c19-8-7-15-11-5-3-10(4-6-11)13-16-14(18-17-13)12-2-1-9-20-12/h1-6,9,15,19H,7-8H2,(H,16,17,18). The minimum Gasteiger partial charge on any atom is -0.395 e. The van der Waals surface area contributed by atoms with E-state index in [1.807, 2.05) is 41.8 Å². The molecule has 0 amide bonds. The van der Waals surface area contributed by atoms with Gasteiger partial charge >= 0.3 is 0 Å².